The molecule has 0 saturated heterocycles. The number of hydrogen-bond acceptors (Lipinski definition) is 3. The molecular weight excluding hydrogens is 859 g/mol. The van der Waals surface area contributed by atoms with Crippen LogP contribution in [0.3, 0.4) is 0 Å². The van der Waals surface area contributed by atoms with E-state index in [1.54, 1.807) is 0 Å². The van der Waals surface area contributed by atoms with Gasteiger partial charge in [-0.2, -0.15) is 0 Å². The number of rotatable bonds is 0. The van der Waals surface area contributed by atoms with Crippen molar-refractivity contribution in [1.29, 1.82) is 0 Å². The Kier molecular flexibility index (Phi) is 8.50. The molecule has 6 heteroatoms. The fraction of sp³-hybridized carbons (Fsp3) is 0. The lowest BCUT2D eigenvalue weighted by molar-refractivity contribution is 1.39. The van der Waals surface area contributed by atoms with Crippen molar-refractivity contribution >= 4 is 65.8 Å². The number of H-pyrrole nitrogens is 3. The predicted octanol–water partition coefficient (Wildman–Crippen LogP) is 18.3. The molecule has 13 aromatic rings. The zero-order chi connectivity index (χ0) is 43.3. The molecule has 0 amide bonds. The average molecular weight is 896 g/mol. The van der Waals surface area contributed by atoms with Crippen molar-refractivity contribution in [2.24, 2.45) is 0 Å². The van der Waals surface area contributed by atoms with E-state index < -0.39 is 0 Å². The maximum absolute atomic E-state index is 3.97. The molecule has 14 rings (SSSR count). The Labute approximate surface area is 393 Å². The first-order valence-electron chi connectivity index (χ1n) is 22.2. The molecule has 6 aromatic heterocycles. The molecule has 3 N–H and O–H groups in total. The Hall–Kier alpha value is -7.74. The van der Waals surface area contributed by atoms with E-state index in [0.29, 0.717) is 0 Å². The van der Waals surface area contributed by atoms with Crippen LogP contribution in [0.15, 0.2) is 206 Å². The van der Waals surface area contributed by atoms with Crippen LogP contribution in [0.5, 0.6) is 0 Å². The molecule has 0 aliphatic carbocycles. The highest BCUT2D eigenvalue weighted by Gasteiger charge is 2.22. The normalized spacial score (nSPS) is 11.9. The van der Waals surface area contributed by atoms with E-state index in [4.69, 9.17) is 0 Å². The lowest BCUT2D eigenvalue weighted by atomic mass is 10.0. The molecule has 0 radical (unpaired) electrons. The smallest absolute Gasteiger partial charge is 0.0545 e. The van der Waals surface area contributed by atoms with Crippen molar-refractivity contribution in [2.45, 2.75) is 0 Å². The van der Waals surface area contributed by atoms with Crippen molar-refractivity contribution in [3.8, 4) is 108 Å². The summed E-state index contributed by atoms with van der Waals surface area (Å²) >= 11 is 5.58. The Morgan fingerprint density at radius 1 is 0.227 bits per heavy atom. The summed E-state index contributed by atoms with van der Waals surface area (Å²) in [5, 5.41) is 5.02. The molecule has 0 spiro atoms. The first-order chi connectivity index (χ1) is 32.7. The summed E-state index contributed by atoms with van der Waals surface area (Å²) in [6.07, 6.45) is 0. The van der Waals surface area contributed by atoms with Crippen molar-refractivity contribution in [3.63, 3.8) is 0 Å². The van der Waals surface area contributed by atoms with Crippen LogP contribution in [-0.2, 0) is 0 Å². The summed E-state index contributed by atoms with van der Waals surface area (Å²) < 4.78 is 1.31. The van der Waals surface area contributed by atoms with Crippen molar-refractivity contribution in [2.75, 3.05) is 0 Å². The maximum Gasteiger partial charge on any atom is 0.0545 e. The van der Waals surface area contributed by atoms with E-state index in [0.717, 1.165) is 28.5 Å². The van der Waals surface area contributed by atoms with E-state index in [2.05, 4.69) is 221 Å². The van der Waals surface area contributed by atoms with Gasteiger partial charge in [-0.25, -0.2) is 0 Å². The van der Waals surface area contributed by atoms with Gasteiger partial charge in [0.15, 0.2) is 0 Å². The molecule has 3 nitrogen and oxygen atoms in total. The molecule has 7 aromatic carbocycles. The van der Waals surface area contributed by atoms with Gasteiger partial charge in [-0.1, -0.05) is 146 Å². The third-order valence-corrected chi connectivity index (χ3v) is 16.8. The second-order valence-corrected chi connectivity index (χ2v) is 20.2. The van der Waals surface area contributed by atoms with Gasteiger partial charge < -0.3 is 15.0 Å². The quantitative estimate of drug-likeness (QED) is 0.136. The van der Waals surface area contributed by atoms with Crippen LogP contribution in [0, 0.1) is 0 Å². The number of aromatic amines is 3. The third-order valence-electron chi connectivity index (χ3n) is 13.3. The standard InChI is InChI=1S/C60H37N3S3/c1-6-18-40-35(13-1)49-25-26-50(61-49)36-14-2-8-20-42(36)56-31-32-57(65-56)43-21-9-5-17-39(43)53-33-47-48-34-58(66-60(48)46-24-12-11-23-45(46)59(47)63-53)44-22-10-4-16-38(44)52-28-27-51(62-52)37-15-3-7-19-41(37)55-30-29-54(40)64-55/h1-34,61-63H. The summed E-state index contributed by atoms with van der Waals surface area (Å²) in [6, 6.07) is 75.8. The van der Waals surface area contributed by atoms with E-state index in [-0.39, 0.29) is 0 Å². The van der Waals surface area contributed by atoms with Crippen LogP contribution in [0.25, 0.3) is 140 Å². The lowest BCUT2D eigenvalue weighted by Crippen LogP contribution is -1.86. The van der Waals surface area contributed by atoms with Crippen LogP contribution in [0.2, 0.25) is 0 Å². The Bertz CT molecular complexity index is 3770. The molecule has 0 atom stereocenters. The number of hydrogen-bond donors (Lipinski definition) is 3. The number of benzene rings is 7. The minimum absolute atomic E-state index is 1.10. The highest BCUT2D eigenvalue weighted by molar-refractivity contribution is 7.23. The summed E-state index contributed by atoms with van der Waals surface area (Å²) in [5.41, 5.74) is 18.7. The Morgan fingerprint density at radius 3 is 1.00 bits per heavy atom. The fourth-order valence-corrected chi connectivity index (χ4v) is 13.6. The predicted molar refractivity (Wildman–Crippen MR) is 284 cm³/mol. The van der Waals surface area contributed by atoms with Crippen molar-refractivity contribution in [1.82, 2.24) is 15.0 Å². The molecule has 66 heavy (non-hydrogen) atoms. The van der Waals surface area contributed by atoms with Crippen LogP contribution in [0.4, 0.5) is 0 Å². The summed E-state index contributed by atoms with van der Waals surface area (Å²) in [4.78, 5) is 17.9. The van der Waals surface area contributed by atoms with E-state index in [1.807, 2.05) is 34.0 Å². The minimum atomic E-state index is 1.10. The molecule has 0 saturated carbocycles. The second-order valence-electron chi connectivity index (χ2n) is 17.0. The van der Waals surface area contributed by atoms with E-state index in [9.17, 15) is 0 Å². The number of thiophene rings is 3. The van der Waals surface area contributed by atoms with E-state index >= 15 is 0 Å². The molecule has 0 unspecified atom stereocenters. The molecule has 1 aliphatic rings. The van der Waals surface area contributed by atoms with Gasteiger partial charge in [-0.3, -0.25) is 0 Å². The van der Waals surface area contributed by atoms with Crippen LogP contribution < -0.4 is 0 Å². The molecule has 12 bridgehead atoms. The van der Waals surface area contributed by atoms with Gasteiger partial charge in [0, 0.05) is 135 Å². The fourth-order valence-electron chi connectivity index (χ4n) is 10.2. The van der Waals surface area contributed by atoms with Crippen LogP contribution >= 0.6 is 34.0 Å². The molecule has 310 valence electrons. The second kappa shape index (κ2) is 14.9. The number of nitrogens with one attached hydrogen (secondary N) is 3. The van der Waals surface area contributed by atoms with Crippen LogP contribution in [-0.4, -0.2) is 15.0 Å². The maximum atomic E-state index is 3.97. The number of aromatic nitrogens is 3. The van der Waals surface area contributed by atoms with Gasteiger partial charge in [0.1, 0.15) is 0 Å². The molecule has 7 heterocycles. The largest absolute Gasteiger partial charge is 0.355 e. The monoisotopic (exact) mass is 895 g/mol. The molecular formula is C60H37N3S3. The zero-order valence-electron chi connectivity index (χ0n) is 35.4. The van der Waals surface area contributed by atoms with Gasteiger partial charge in [0.2, 0.25) is 0 Å². The highest BCUT2D eigenvalue weighted by atomic mass is 32.1. The van der Waals surface area contributed by atoms with Gasteiger partial charge in [0.25, 0.3) is 0 Å². The SMILES string of the molecule is c1ccc2c(c1)-c1ccc([nH]1)-c1ccccc1-c1ccc(s1)-c1ccccc1-c1cc3c4cc(sc4c4ccccc4c3[nH]1)-c1ccccc1-c1ccc([nH]1)-c1ccccc1-c1ccc-2s1. The third kappa shape index (κ3) is 5.93. The van der Waals surface area contributed by atoms with Gasteiger partial charge in [0.05, 0.1) is 5.52 Å². The lowest BCUT2D eigenvalue weighted by Gasteiger charge is -2.09. The highest BCUT2D eigenvalue weighted by Crippen LogP contribution is 2.49. The number of fused-ring (bicyclic) bond motifs is 28. The first-order valence-corrected chi connectivity index (χ1v) is 24.7. The Balaban J connectivity index is 1.00. The summed E-state index contributed by atoms with van der Waals surface area (Å²) in [5.74, 6) is 0. The zero-order valence-corrected chi connectivity index (χ0v) is 37.8. The van der Waals surface area contributed by atoms with Gasteiger partial charge in [-0.05, 0) is 60.7 Å². The van der Waals surface area contributed by atoms with Crippen molar-refractivity contribution in [3.05, 3.63) is 206 Å². The van der Waals surface area contributed by atoms with Crippen molar-refractivity contribution < 1.29 is 0 Å². The van der Waals surface area contributed by atoms with E-state index in [1.165, 1.54) is 112 Å². The minimum Gasteiger partial charge on any atom is -0.355 e. The van der Waals surface area contributed by atoms with Gasteiger partial charge >= 0.3 is 0 Å². The first kappa shape index (κ1) is 37.6. The Morgan fingerprint density at radius 2 is 0.576 bits per heavy atom. The summed E-state index contributed by atoms with van der Waals surface area (Å²) in [6.45, 7) is 0. The summed E-state index contributed by atoms with van der Waals surface area (Å²) in [7, 11) is 0. The van der Waals surface area contributed by atoms with Gasteiger partial charge in [-0.15, -0.1) is 34.0 Å². The van der Waals surface area contributed by atoms with Crippen LogP contribution in [0.1, 0.15) is 0 Å². The molecule has 0 fully saturated rings. The molecule has 1 aliphatic heterocycles. The topological polar surface area (TPSA) is 47.4 Å². The average Bonchev–Trinajstić information content (AvgIpc) is 4.25.